The van der Waals surface area contributed by atoms with Gasteiger partial charge < -0.3 is 5.32 Å². The molecule has 4 nitrogen and oxygen atoms in total. The summed E-state index contributed by atoms with van der Waals surface area (Å²) < 4.78 is 1.06. The number of hydrogen-bond acceptors (Lipinski definition) is 5. The van der Waals surface area contributed by atoms with Crippen LogP contribution in [0.4, 0.5) is 0 Å². The Bertz CT molecular complexity index is 818. The second kappa shape index (κ2) is 7.20. The third-order valence-electron chi connectivity index (χ3n) is 4.93. The summed E-state index contributed by atoms with van der Waals surface area (Å²) in [6.07, 6.45) is 3.83. The van der Waals surface area contributed by atoms with Crippen molar-refractivity contribution in [2.75, 3.05) is 13.1 Å². The molecule has 0 aliphatic carbocycles. The standard InChI is InChI=1S/C19H19N3OS2/c20-12-14-2-1-3-15(10-14)24-18-5-4-16(25-18)19(23)21-17-11-13-6-8-22(17)9-7-13/h1-5,10,13,17H,6-9,11H2,(H,21,23). The molecule has 1 aromatic heterocycles. The van der Waals surface area contributed by atoms with E-state index in [2.05, 4.69) is 16.3 Å². The highest BCUT2D eigenvalue weighted by Crippen LogP contribution is 2.34. The van der Waals surface area contributed by atoms with Gasteiger partial charge in [-0.2, -0.15) is 5.26 Å². The maximum absolute atomic E-state index is 12.6. The van der Waals surface area contributed by atoms with Crippen molar-refractivity contribution in [2.45, 2.75) is 34.5 Å². The quantitative estimate of drug-likeness (QED) is 0.887. The van der Waals surface area contributed by atoms with Crippen molar-refractivity contribution in [1.82, 2.24) is 10.2 Å². The summed E-state index contributed by atoms with van der Waals surface area (Å²) in [5.74, 6) is 0.803. The molecule has 1 aromatic carbocycles. The Kier molecular flexibility index (Phi) is 4.80. The van der Waals surface area contributed by atoms with Crippen LogP contribution in [0.2, 0.25) is 0 Å². The number of nitriles is 1. The second-order valence-electron chi connectivity index (χ2n) is 6.56. The minimum Gasteiger partial charge on any atom is -0.336 e. The van der Waals surface area contributed by atoms with Crippen LogP contribution >= 0.6 is 23.1 Å². The number of benzene rings is 1. The van der Waals surface area contributed by atoms with E-state index in [1.54, 1.807) is 17.8 Å². The zero-order chi connectivity index (χ0) is 17.2. The van der Waals surface area contributed by atoms with E-state index in [1.165, 1.54) is 24.2 Å². The van der Waals surface area contributed by atoms with Crippen molar-refractivity contribution in [3.05, 3.63) is 46.8 Å². The lowest BCUT2D eigenvalue weighted by Crippen LogP contribution is -2.56. The summed E-state index contributed by atoms with van der Waals surface area (Å²) in [6.45, 7) is 2.22. The summed E-state index contributed by atoms with van der Waals surface area (Å²) in [7, 11) is 0. The van der Waals surface area contributed by atoms with Gasteiger partial charge in [-0.05, 0) is 55.5 Å². The summed E-state index contributed by atoms with van der Waals surface area (Å²) in [6, 6.07) is 13.6. The molecule has 0 radical (unpaired) electrons. The molecule has 4 heterocycles. The highest BCUT2D eigenvalue weighted by molar-refractivity contribution is 8.01. The number of hydrogen-bond donors (Lipinski definition) is 1. The molecule has 2 aromatic rings. The van der Waals surface area contributed by atoms with Crippen LogP contribution in [0, 0.1) is 17.2 Å². The van der Waals surface area contributed by atoms with E-state index in [-0.39, 0.29) is 12.1 Å². The number of nitrogens with one attached hydrogen (secondary N) is 1. The van der Waals surface area contributed by atoms with E-state index in [1.807, 2.05) is 30.3 Å². The van der Waals surface area contributed by atoms with Gasteiger partial charge >= 0.3 is 0 Å². The fourth-order valence-electron chi connectivity index (χ4n) is 3.58. The Morgan fingerprint density at radius 1 is 1.28 bits per heavy atom. The number of amides is 1. The fraction of sp³-hybridized carbons (Fsp3) is 0.368. The van der Waals surface area contributed by atoms with Gasteiger partial charge in [0.2, 0.25) is 0 Å². The summed E-state index contributed by atoms with van der Waals surface area (Å²) in [5.41, 5.74) is 0.654. The summed E-state index contributed by atoms with van der Waals surface area (Å²) >= 11 is 3.10. The van der Waals surface area contributed by atoms with Crippen LogP contribution in [0.3, 0.4) is 0 Å². The van der Waals surface area contributed by atoms with Gasteiger partial charge in [-0.3, -0.25) is 9.69 Å². The zero-order valence-corrected chi connectivity index (χ0v) is 15.4. The largest absolute Gasteiger partial charge is 0.336 e. The predicted molar refractivity (Wildman–Crippen MR) is 99.8 cm³/mol. The monoisotopic (exact) mass is 369 g/mol. The Labute approximate surface area is 155 Å². The van der Waals surface area contributed by atoms with Crippen LogP contribution in [-0.2, 0) is 0 Å². The minimum atomic E-state index is 0.0279. The van der Waals surface area contributed by atoms with Crippen LogP contribution in [0.25, 0.3) is 0 Å². The Balaban J connectivity index is 1.40. The van der Waals surface area contributed by atoms with Gasteiger partial charge in [0.05, 0.1) is 26.9 Å². The van der Waals surface area contributed by atoms with E-state index < -0.39 is 0 Å². The lowest BCUT2D eigenvalue weighted by atomic mass is 9.86. The first-order valence-corrected chi connectivity index (χ1v) is 10.2. The zero-order valence-electron chi connectivity index (χ0n) is 13.8. The SMILES string of the molecule is N#Cc1cccc(Sc2ccc(C(=O)NC3CC4CCN3CC4)s2)c1. The molecule has 128 valence electrons. The Morgan fingerprint density at radius 2 is 2.12 bits per heavy atom. The minimum absolute atomic E-state index is 0.0279. The lowest BCUT2D eigenvalue weighted by molar-refractivity contribution is 0.0296. The molecule has 3 saturated heterocycles. The van der Waals surface area contributed by atoms with E-state index >= 15 is 0 Å². The molecule has 2 bridgehead atoms. The summed E-state index contributed by atoms with van der Waals surface area (Å²) in [5, 5.41) is 12.2. The van der Waals surface area contributed by atoms with Gasteiger partial charge in [0, 0.05) is 18.0 Å². The molecule has 1 amide bonds. The number of rotatable bonds is 4. The molecule has 5 rings (SSSR count). The maximum atomic E-state index is 12.6. The number of piperidine rings is 3. The Morgan fingerprint density at radius 3 is 2.84 bits per heavy atom. The average Bonchev–Trinajstić information content (AvgIpc) is 3.11. The molecule has 0 spiro atoms. The van der Waals surface area contributed by atoms with Gasteiger partial charge in [-0.25, -0.2) is 0 Å². The van der Waals surface area contributed by atoms with Crippen LogP contribution in [0.15, 0.2) is 45.5 Å². The van der Waals surface area contributed by atoms with Gasteiger partial charge in [-0.1, -0.05) is 17.8 Å². The van der Waals surface area contributed by atoms with Gasteiger partial charge in [-0.15, -0.1) is 11.3 Å². The maximum Gasteiger partial charge on any atom is 0.262 e. The molecule has 1 atom stereocenters. The first-order valence-electron chi connectivity index (χ1n) is 8.54. The topological polar surface area (TPSA) is 56.1 Å². The fourth-order valence-corrected chi connectivity index (χ4v) is 5.65. The molecular formula is C19H19N3OS2. The van der Waals surface area contributed by atoms with Crippen molar-refractivity contribution in [2.24, 2.45) is 5.92 Å². The first kappa shape index (κ1) is 16.6. The van der Waals surface area contributed by atoms with E-state index in [4.69, 9.17) is 5.26 Å². The Hall–Kier alpha value is -1.81. The number of fused-ring (bicyclic) bond motifs is 3. The molecule has 3 aliphatic heterocycles. The molecule has 0 saturated carbocycles. The lowest BCUT2D eigenvalue weighted by Gasteiger charge is -2.45. The molecule has 1 unspecified atom stereocenters. The first-order chi connectivity index (χ1) is 12.2. The van der Waals surface area contributed by atoms with E-state index in [0.717, 1.165) is 39.4 Å². The highest BCUT2D eigenvalue weighted by atomic mass is 32.2. The molecule has 6 heteroatoms. The molecule has 1 N–H and O–H groups in total. The van der Waals surface area contributed by atoms with Gasteiger partial charge in [0.25, 0.3) is 5.91 Å². The molecule has 25 heavy (non-hydrogen) atoms. The van der Waals surface area contributed by atoms with Crippen molar-refractivity contribution in [3.8, 4) is 6.07 Å². The number of carbonyl (C=O) groups excluding carboxylic acids is 1. The van der Waals surface area contributed by atoms with Gasteiger partial charge in [0.15, 0.2) is 0 Å². The third-order valence-corrected chi connectivity index (χ3v) is 7.14. The smallest absolute Gasteiger partial charge is 0.262 e. The van der Waals surface area contributed by atoms with Gasteiger partial charge in [0.1, 0.15) is 0 Å². The van der Waals surface area contributed by atoms with Crippen molar-refractivity contribution in [3.63, 3.8) is 0 Å². The number of nitrogens with zero attached hydrogens (tertiary/aromatic N) is 2. The highest BCUT2D eigenvalue weighted by Gasteiger charge is 2.34. The van der Waals surface area contributed by atoms with Crippen molar-refractivity contribution < 1.29 is 4.79 Å². The average molecular weight is 370 g/mol. The second-order valence-corrected chi connectivity index (χ2v) is 9.02. The van der Waals surface area contributed by atoms with Crippen LogP contribution < -0.4 is 5.32 Å². The third kappa shape index (κ3) is 3.74. The van der Waals surface area contributed by atoms with E-state index in [0.29, 0.717) is 5.56 Å². The van der Waals surface area contributed by atoms with Crippen LogP contribution in [0.1, 0.15) is 34.5 Å². The van der Waals surface area contributed by atoms with Crippen molar-refractivity contribution in [1.29, 1.82) is 5.26 Å². The number of carbonyl (C=O) groups is 1. The normalized spacial score (nSPS) is 24.7. The van der Waals surface area contributed by atoms with Crippen molar-refractivity contribution >= 4 is 29.0 Å². The van der Waals surface area contributed by atoms with Crippen LogP contribution in [-0.4, -0.2) is 30.1 Å². The van der Waals surface area contributed by atoms with E-state index in [9.17, 15) is 4.79 Å². The molecule has 3 fully saturated rings. The molecular weight excluding hydrogens is 350 g/mol. The summed E-state index contributed by atoms with van der Waals surface area (Å²) in [4.78, 5) is 16.7. The molecule has 3 aliphatic rings. The predicted octanol–water partition coefficient (Wildman–Crippen LogP) is 3.94. The van der Waals surface area contributed by atoms with Crippen LogP contribution in [0.5, 0.6) is 0 Å². The number of thiophene rings is 1.